The summed E-state index contributed by atoms with van der Waals surface area (Å²) in [6.07, 6.45) is 2.52. The Morgan fingerprint density at radius 1 is 1.11 bits per heavy atom. The zero-order valence-corrected chi connectivity index (χ0v) is 22.9. The molecular weight excluding hydrogens is 530 g/mol. The van der Waals surface area contributed by atoms with Crippen LogP contribution in [0.15, 0.2) is 29.2 Å². The van der Waals surface area contributed by atoms with Gasteiger partial charge in [0.2, 0.25) is 17.7 Å². The van der Waals surface area contributed by atoms with Crippen LogP contribution in [0, 0.1) is 11.3 Å². The summed E-state index contributed by atoms with van der Waals surface area (Å²) in [7, 11) is -3.87. The fourth-order valence-corrected chi connectivity index (χ4v) is 8.08. The third kappa shape index (κ3) is 4.90. The molecule has 0 spiro atoms. The molecule has 1 aromatic carbocycles. The molecule has 0 bridgehead atoms. The standard InChI is InChI=1S/C26H32ClN5O5S/c1-18(33)30-10-12-31(13-11-30)26(8-9-26)24(35)32-16-20(38(36,37)22-5-3-2-4-21(22)27)14-19(32)15-23(34)29-25(17-28)6-7-25/h2-5,19-20H,6-16H2,1H3,(H,29,34)/t19-,20-/m1/s1. The van der Waals surface area contributed by atoms with Gasteiger partial charge in [-0.1, -0.05) is 23.7 Å². The highest BCUT2D eigenvalue weighted by Gasteiger charge is 2.59. The minimum atomic E-state index is -3.87. The second-order valence-electron chi connectivity index (χ2n) is 10.9. The van der Waals surface area contributed by atoms with Crippen LogP contribution in [0.5, 0.6) is 0 Å². The maximum Gasteiger partial charge on any atom is 0.243 e. The molecule has 4 fully saturated rings. The van der Waals surface area contributed by atoms with Crippen LogP contribution in [0.25, 0.3) is 0 Å². The number of rotatable bonds is 7. The Morgan fingerprint density at radius 2 is 1.76 bits per heavy atom. The first kappa shape index (κ1) is 26.9. The van der Waals surface area contributed by atoms with E-state index in [-0.39, 0.29) is 47.0 Å². The van der Waals surface area contributed by atoms with Crippen molar-refractivity contribution in [1.29, 1.82) is 5.26 Å². The van der Waals surface area contributed by atoms with Crippen molar-refractivity contribution in [2.75, 3.05) is 32.7 Å². The number of piperazine rings is 1. The molecule has 38 heavy (non-hydrogen) atoms. The molecule has 0 unspecified atom stereocenters. The number of sulfone groups is 1. The van der Waals surface area contributed by atoms with Crippen molar-refractivity contribution in [2.24, 2.45) is 0 Å². The second-order valence-corrected chi connectivity index (χ2v) is 13.5. The molecule has 10 nitrogen and oxygen atoms in total. The molecule has 2 saturated carbocycles. The van der Waals surface area contributed by atoms with Crippen LogP contribution in [0.2, 0.25) is 5.02 Å². The molecule has 2 aliphatic carbocycles. The van der Waals surface area contributed by atoms with E-state index in [9.17, 15) is 28.1 Å². The van der Waals surface area contributed by atoms with Crippen LogP contribution >= 0.6 is 11.6 Å². The summed E-state index contributed by atoms with van der Waals surface area (Å²) >= 11 is 6.23. The van der Waals surface area contributed by atoms with Gasteiger partial charge < -0.3 is 15.1 Å². The highest BCUT2D eigenvalue weighted by Crippen LogP contribution is 2.46. The van der Waals surface area contributed by atoms with Gasteiger partial charge in [0.25, 0.3) is 0 Å². The second kappa shape index (κ2) is 9.81. The molecule has 2 atom stereocenters. The van der Waals surface area contributed by atoms with Gasteiger partial charge in [-0.25, -0.2) is 8.42 Å². The lowest BCUT2D eigenvalue weighted by atomic mass is 10.1. The number of amides is 3. The minimum Gasteiger partial charge on any atom is -0.340 e. The van der Waals surface area contributed by atoms with Gasteiger partial charge in [0.1, 0.15) is 11.1 Å². The number of carbonyl (C=O) groups is 3. The van der Waals surface area contributed by atoms with Crippen LogP contribution in [0.4, 0.5) is 0 Å². The average Bonchev–Trinajstić information content (AvgIpc) is 3.81. The van der Waals surface area contributed by atoms with Gasteiger partial charge in [-0.15, -0.1) is 0 Å². The van der Waals surface area contributed by atoms with Gasteiger partial charge in [0.05, 0.1) is 21.2 Å². The van der Waals surface area contributed by atoms with E-state index in [0.717, 1.165) is 0 Å². The monoisotopic (exact) mass is 561 g/mol. The van der Waals surface area contributed by atoms with Crippen molar-refractivity contribution in [3.8, 4) is 6.07 Å². The third-order valence-corrected chi connectivity index (χ3v) is 11.1. The Balaban J connectivity index is 1.37. The molecule has 1 N–H and O–H groups in total. The van der Waals surface area contributed by atoms with Crippen LogP contribution in [-0.4, -0.2) is 95.9 Å². The number of nitrogens with one attached hydrogen (secondary N) is 1. The van der Waals surface area contributed by atoms with Crippen LogP contribution < -0.4 is 5.32 Å². The summed E-state index contributed by atoms with van der Waals surface area (Å²) in [5, 5.41) is 11.4. The summed E-state index contributed by atoms with van der Waals surface area (Å²) in [5.41, 5.74) is -1.58. The maximum atomic E-state index is 14.1. The highest BCUT2D eigenvalue weighted by molar-refractivity contribution is 7.92. The first-order valence-electron chi connectivity index (χ1n) is 13.0. The van der Waals surface area contributed by atoms with E-state index in [1.807, 2.05) is 0 Å². The van der Waals surface area contributed by atoms with Crippen molar-refractivity contribution >= 4 is 39.2 Å². The van der Waals surface area contributed by atoms with Gasteiger partial charge in [0.15, 0.2) is 9.84 Å². The van der Waals surface area contributed by atoms with Crippen LogP contribution in [0.3, 0.4) is 0 Å². The zero-order valence-electron chi connectivity index (χ0n) is 21.4. The molecule has 2 saturated heterocycles. The quantitative estimate of drug-likeness (QED) is 0.531. The predicted molar refractivity (Wildman–Crippen MR) is 139 cm³/mol. The van der Waals surface area contributed by atoms with E-state index < -0.39 is 32.2 Å². The van der Waals surface area contributed by atoms with Crippen LogP contribution in [-0.2, 0) is 24.2 Å². The fourth-order valence-electron chi connectivity index (χ4n) is 5.82. The Morgan fingerprint density at radius 3 is 2.32 bits per heavy atom. The Bertz CT molecular complexity index is 1300. The topological polar surface area (TPSA) is 131 Å². The summed E-state index contributed by atoms with van der Waals surface area (Å²) < 4.78 is 27.2. The molecule has 2 aliphatic heterocycles. The van der Waals surface area contributed by atoms with E-state index in [1.165, 1.54) is 19.1 Å². The molecule has 2 heterocycles. The number of carbonyl (C=O) groups excluding carboxylic acids is 3. The van der Waals surface area contributed by atoms with Crippen molar-refractivity contribution < 1.29 is 22.8 Å². The molecule has 1 aromatic rings. The number of nitriles is 1. The molecule has 5 rings (SSSR count). The SMILES string of the molecule is CC(=O)N1CCN(C2(C(=O)N3C[C@H](S(=O)(=O)c4ccccc4Cl)C[C@@H]3CC(=O)NC3(C#N)CC3)CC2)CC1. The first-order valence-corrected chi connectivity index (χ1v) is 15.0. The van der Waals surface area contributed by atoms with Crippen molar-refractivity contribution in [2.45, 2.75) is 72.7 Å². The summed E-state index contributed by atoms with van der Waals surface area (Å²) in [6.45, 7) is 3.72. The number of halogens is 1. The molecule has 3 amide bonds. The van der Waals surface area contributed by atoms with E-state index in [4.69, 9.17) is 11.6 Å². The smallest absolute Gasteiger partial charge is 0.243 e. The average molecular weight is 562 g/mol. The number of likely N-dealkylation sites (tertiary alicyclic amines) is 1. The lowest BCUT2D eigenvalue weighted by molar-refractivity contribution is -0.142. The van der Waals surface area contributed by atoms with E-state index in [0.29, 0.717) is 51.9 Å². The molecule has 204 valence electrons. The fraction of sp³-hybridized carbons (Fsp3) is 0.615. The Labute approximate surface area is 227 Å². The minimum absolute atomic E-state index is 0.00451. The zero-order chi connectivity index (χ0) is 27.3. The van der Waals surface area contributed by atoms with Gasteiger partial charge in [0, 0.05) is 52.1 Å². The first-order chi connectivity index (χ1) is 18.0. The Kier molecular flexibility index (Phi) is 6.95. The van der Waals surface area contributed by atoms with Crippen molar-refractivity contribution in [3.63, 3.8) is 0 Å². The lowest BCUT2D eigenvalue weighted by Crippen LogP contribution is -2.58. The van der Waals surface area contributed by atoms with E-state index >= 15 is 0 Å². The van der Waals surface area contributed by atoms with Gasteiger partial charge in [-0.3, -0.25) is 19.3 Å². The molecular formula is C26H32ClN5O5S. The largest absolute Gasteiger partial charge is 0.340 e. The number of hydrogen-bond donors (Lipinski definition) is 1. The van der Waals surface area contributed by atoms with Crippen molar-refractivity contribution in [1.82, 2.24) is 20.0 Å². The summed E-state index contributed by atoms with van der Waals surface area (Å²) in [6, 6.07) is 7.77. The Hall–Kier alpha value is -2.68. The molecule has 0 radical (unpaired) electrons. The van der Waals surface area contributed by atoms with Crippen molar-refractivity contribution in [3.05, 3.63) is 29.3 Å². The van der Waals surface area contributed by atoms with Crippen LogP contribution in [0.1, 0.15) is 45.4 Å². The van der Waals surface area contributed by atoms with Gasteiger partial charge >= 0.3 is 0 Å². The molecule has 0 aromatic heterocycles. The molecule has 12 heteroatoms. The van der Waals surface area contributed by atoms with Gasteiger partial charge in [-0.2, -0.15) is 5.26 Å². The normalized spacial score (nSPS) is 25.9. The number of benzene rings is 1. The highest BCUT2D eigenvalue weighted by atomic mass is 35.5. The van der Waals surface area contributed by atoms with Gasteiger partial charge in [-0.05, 0) is 44.2 Å². The predicted octanol–water partition coefficient (Wildman–Crippen LogP) is 1.34. The maximum absolute atomic E-state index is 14.1. The lowest BCUT2D eigenvalue weighted by Gasteiger charge is -2.40. The third-order valence-electron chi connectivity index (χ3n) is 8.43. The molecule has 4 aliphatic rings. The van der Waals surface area contributed by atoms with E-state index in [2.05, 4.69) is 16.3 Å². The summed E-state index contributed by atoms with van der Waals surface area (Å²) in [4.78, 5) is 44.2. The number of hydrogen-bond acceptors (Lipinski definition) is 7. The summed E-state index contributed by atoms with van der Waals surface area (Å²) in [5.74, 6) is -0.516. The van der Waals surface area contributed by atoms with E-state index in [1.54, 1.807) is 21.9 Å². The number of nitrogens with zero attached hydrogens (tertiary/aromatic N) is 4.